The average Bonchev–Trinajstić information content (AvgIpc) is 3.54. The highest BCUT2D eigenvalue weighted by Crippen LogP contribution is 2.36. The van der Waals surface area contributed by atoms with Gasteiger partial charge in [0.25, 0.3) is 0 Å². The molecule has 10 heteroatoms. The molecule has 10 nitrogen and oxygen atoms in total. The molecule has 7 rings (SSSR count). The van der Waals surface area contributed by atoms with Crippen LogP contribution in [0.1, 0.15) is 43.0 Å². The molecular formula is C38H43N7O3. The molecule has 0 N–H and O–H groups in total. The topological polar surface area (TPSA) is 98.1 Å². The molecule has 0 radical (unpaired) electrons. The highest BCUT2D eigenvalue weighted by atomic mass is 16.6. The second-order valence-corrected chi connectivity index (χ2v) is 13.2. The minimum Gasteiger partial charge on any atom is -0.462 e. The maximum absolute atomic E-state index is 13.4. The van der Waals surface area contributed by atoms with Gasteiger partial charge in [-0.15, -0.1) is 0 Å². The molecule has 3 aliphatic heterocycles. The number of hydrogen-bond donors (Lipinski definition) is 0. The molecule has 0 spiro atoms. The molecule has 2 saturated heterocycles. The molecule has 1 aromatic heterocycles. The van der Waals surface area contributed by atoms with Crippen molar-refractivity contribution < 1.29 is 14.3 Å². The smallest absolute Gasteiger partial charge is 0.410 e. The van der Waals surface area contributed by atoms with E-state index in [4.69, 9.17) is 19.4 Å². The third-order valence-electron chi connectivity index (χ3n) is 10.1. The number of carbonyl (C=O) groups is 1. The highest BCUT2D eigenvalue weighted by molar-refractivity contribution is 5.94. The molecule has 3 aliphatic rings. The Bertz CT molecular complexity index is 1790. The minimum atomic E-state index is -0.397. The Hall–Kier alpha value is -4.88. The van der Waals surface area contributed by atoms with Gasteiger partial charge in [0.2, 0.25) is 0 Å². The normalized spacial score (nSPS) is 21.2. The van der Waals surface area contributed by atoms with E-state index in [0.717, 1.165) is 55.0 Å². The Morgan fingerprint density at radius 3 is 2.60 bits per heavy atom. The van der Waals surface area contributed by atoms with E-state index in [2.05, 4.69) is 77.2 Å². The van der Waals surface area contributed by atoms with Gasteiger partial charge in [0, 0.05) is 48.4 Å². The number of amides is 1. The summed E-state index contributed by atoms with van der Waals surface area (Å²) in [5, 5.41) is 12.2. The first-order valence-corrected chi connectivity index (χ1v) is 17.0. The lowest BCUT2D eigenvalue weighted by Gasteiger charge is -2.45. The van der Waals surface area contributed by atoms with Gasteiger partial charge in [0.15, 0.2) is 0 Å². The number of fused-ring (bicyclic) bond motifs is 2. The van der Waals surface area contributed by atoms with Crippen molar-refractivity contribution in [1.82, 2.24) is 19.8 Å². The largest absolute Gasteiger partial charge is 0.462 e. The predicted octanol–water partition coefficient (Wildman–Crippen LogP) is 5.80. The first-order chi connectivity index (χ1) is 23.5. The van der Waals surface area contributed by atoms with E-state index in [1.807, 2.05) is 30.3 Å². The molecule has 0 aliphatic carbocycles. The quantitative estimate of drug-likeness (QED) is 0.236. The number of anilines is 2. The zero-order valence-electron chi connectivity index (χ0n) is 27.8. The van der Waals surface area contributed by atoms with Crippen LogP contribution in [0, 0.1) is 11.3 Å². The van der Waals surface area contributed by atoms with Gasteiger partial charge in [-0.25, -0.2) is 4.79 Å². The van der Waals surface area contributed by atoms with Gasteiger partial charge in [-0.2, -0.15) is 15.2 Å². The summed E-state index contributed by atoms with van der Waals surface area (Å²) in [4.78, 5) is 32.2. The van der Waals surface area contributed by atoms with Gasteiger partial charge < -0.3 is 29.1 Å². The number of aromatic nitrogens is 2. The SMILES string of the molecule is C[C@H]1CN(C(=O)OCc2ccccc2)[C@@H](CC#N)CN1c1nc(OC[C@@H]2CCCN2C)nc2c1CCN(c1cccc3ccccc13)C2. The molecule has 0 saturated carbocycles. The summed E-state index contributed by atoms with van der Waals surface area (Å²) in [7, 11) is 2.14. The maximum Gasteiger partial charge on any atom is 0.410 e. The fourth-order valence-electron chi connectivity index (χ4n) is 7.38. The second kappa shape index (κ2) is 14.1. The summed E-state index contributed by atoms with van der Waals surface area (Å²) in [5.74, 6) is 0.847. The van der Waals surface area contributed by atoms with Crippen molar-refractivity contribution in [2.45, 2.75) is 63.9 Å². The van der Waals surface area contributed by atoms with E-state index in [1.165, 1.54) is 16.5 Å². The monoisotopic (exact) mass is 645 g/mol. The van der Waals surface area contributed by atoms with E-state index in [-0.39, 0.29) is 25.1 Å². The minimum absolute atomic E-state index is 0.0619. The number of ether oxygens (including phenoxy) is 2. The highest BCUT2D eigenvalue weighted by Gasteiger charge is 2.38. The first kappa shape index (κ1) is 31.7. The van der Waals surface area contributed by atoms with Gasteiger partial charge in [0.1, 0.15) is 19.0 Å². The van der Waals surface area contributed by atoms with Crippen LogP contribution in [-0.4, -0.2) is 83.8 Å². The number of benzene rings is 3. The lowest BCUT2D eigenvalue weighted by molar-refractivity contribution is 0.0709. The van der Waals surface area contributed by atoms with Crippen LogP contribution in [0.5, 0.6) is 6.01 Å². The third-order valence-corrected chi connectivity index (χ3v) is 10.1. The van der Waals surface area contributed by atoms with E-state index in [1.54, 1.807) is 4.90 Å². The maximum atomic E-state index is 13.4. The van der Waals surface area contributed by atoms with Crippen LogP contribution >= 0.6 is 0 Å². The summed E-state index contributed by atoms with van der Waals surface area (Å²) in [6.45, 7) is 6.26. The van der Waals surface area contributed by atoms with Crippen molar-refractivity contribution in [3.8, 4) is 12.1 Å². The molecule has 2 fully saturated rings. The Labute approximate surface area is 282 Å². The van der Waals surface area contributed by atoms with Crippen LogP contribution in [0.3, 0.4) is 0 Å². The van der Waals surface area contributed by atoms with E-state index >= 15 is 0 Å². The molecule has 1 amide bonds. The Morgan fingerprint density at radius 2 is 1.79 bits per heavy atom. The summed E-state index contributed by atoms with van der Waals surface area (Å²) in [6, 6.07) is 27.2. The summed E-state index contributed by atoms with van der Waals surface area (Å²) < 4.78 is 12.1. The number of likely N-dealkylation sites (tertiary alicyclic amines) is 1. The van der Waals surface area contributed by atoms with Crippen LogP contribution < -0.4 is 14.5 Å². The van der Waals surface area contributed by atoms with Gasteiger partial charge in [0.05, 0.1) is 30.8 Å². The van der Waals surface area contributed by atoms with E-state index < -0.39 is 6.09 Å². The lowest BCUT2D eigenvalue weighted by Crippen LogP contribution is -2.59. The van der Waals surface area contributed by atoms with Crippen LogP contribution in [0.25, 0.3) is 10.8 Å². The van der Waals surface area contributed by atoms with Gasteiger partial charge in [-0.3, -0.25) is 0 Å². The summed E-state index contributed by atoms with van der Waals surface area (Å²) in [6.07, 6.45) is 2.83. The van der Waals surface area contributed by atoms with E-state index in [0.29, 0.717) is 38.3 Å². The van der Waals surface area contributed by atoms with Gasteiger partial charge in [-0.05, 0) is 56.8 Å². The third kappa shape index (κ3) is 6.60. The standard InChI is InChI=1S/C38H43N7O3/c1-27-22-45(38(46)48-25-28-10-4-3-5-11-28)30(17-19-39)23-44(27)36-33-18-21-43(35-16-8-13-29-12-6-7-15-32(29)35)24-34(33)40-37(41-36)47-26-31-14-9-20-42(31)2/h3-8,10-13,15-16,27,30-31H,9,14,17-18,20-26H2,1-2H3/t27-,30-,31-/m0/s1. The van der Waals surface area contributed by atoms with Gasteiger partial charge in [-0.1, -0.05) is 66.7 Å². The van der Waals surface area contributed by atoms with Crippen LogP contribution in [0.15, 0.2) is 72.8 Å². The Balaban J connectivity index is 1.17. The fraction of sp³-hybridized carbons (Fsp3) is 0.421. The molecule has 3 atom stereocenters. The molecule has 48 heavy (non-hydrogen) atoms. The number of nitrogens with zero attached hydrogens (tertiary/aromatic N) is 7. The molecular weight excluding hydrogens is 602 g/mol. The average molecular weight is 646 g/mol. The van der Waals surface area contributed by atoms with Gasteiger partial charge >= 0.3 is 12.1 Å². The van der Waals surface area contributed by atoms with Crippen molar-refractivity contribution in [2.75, 3.05) is 49.6 Å². The molecule has 248 valence electrons. The molecule has 4 aromatic rings. The van der Waals surface area contributed by atoms with E-state index in [9.17, 15) is 10.1 Å². The number of nitriles is 1. The second-order valence-electron chi connectivity index (χ2n) is 13.2. The first-order valence-electron chi connectivity index (χ1n) is 17.0. The summed E-state index contributed by atoms with van der Waals surface area (Å²) in [5.41, 5.74) is 4.19. The summed E-state index contributed by atoms with van der Waals surface area (Å²) >= 11 is 0. The van der Waals surface area contributed by atoms with Crippen molar-refractivity contribution in [3.05, 3.63) is 89.6 Å². The molecule has 0 bridgehead atoms. The van der Waals surface area contributed by atoms with Crippen LogP contribution in [0.2, 0.25) is 0 Å². The van der Waals surface area contributed by atoms with Crippen molar-refractivity contribution in [1.29, 1.82) is 5.26 Å². The van der Waals surface area contributed by atoms with Crippen molar-refractivity contribution in [3.63, 3.8) is 0 Å². The number of carbonyl (C=O) groups excluding carboxylic acids is 1. The zero-order chi connectivity index (χ0) is 33.0. The van der Waals surface area contributed by atoms with Crippen LogP contribution in [0.4, 0.5) is 16.3 Å². The van der Waals surface area contributed by atoms with Crippen LogP contribution in [-0.2, 0) is 24.3 Å². The predicted molar refractivity (Wildman–Crippen MR) is 186 cm³/mol. The zero-order valence-corrected chi connectivity index (χ0v) is 27.8. The lowest BCUT2D eigenvalue weighted by atomic mass is 10.00. The molecule has 4 heterocycles. The molecule has 0 unspecified atom stereocenters. The number of hydrogen-bond acceptors (Lipinski definition) is 9. The number of likely N-dealkylation sites (N-methyl/N-ethyl adjacent to an activating group) is 1. The Kier molecular flexibility index (Phi) is 9.30. The van der Waals surface area contributed by atoms with Crippen molar-refractivity contribution in [2.24, 2.45) is 0 Å². The Morgan fingerprint density at radius 1 is 0.979 bits per heavy atom. The molecule has 3 aromatic carbocycles. The number of piperazine rings is 1. The van der Waals surface area contributed by atoms with Crippen molar-refractivity contribution >= 4 is 28.4 Å². The fourth-order valence-corrected chi connectivity index (χ4v) is 7.38. The number of rotatable bonds is 8.